The van der Waals surface area contributed by atoms with Crippen LogP contribution in [0.5, 0.6) is 0 Å². The molecule has 7 heteroatoms. The van der Waals surface area contributed by atoms with E-state index < -0.39 is 0 Å². The number of hydrogen-bond donors (Lipinski definition) is 2. The second-order valence-electron chi connectivity index (χ2n) is 9.36. The molecule has 2 saturated heterocycles. The number of rotatable bonds is 4. The summed E-state index contributed by atoms with van der Waals surface area (Å²) in [6.45, 7) is 10.5. The van der Waals surface area contributed by atoms with Crippen LogP contribution >= 0.6 is 24.0 Å². The van der Waals surface area contributed by atoms with Crippen molar-refractivity contribution >= 4 is 35.8 Å². The molecule has 2 heterocycles. The summed E-state index contributed by atoms with van der Waals surface area (Å²) in [6, 6.07) is 11.4. The van der Waals surface area contributed by atoms with Crippen molar-refractivity contribution in [1.29, 1.82) is 0 Å². The second-order valence-corrected chi connectivity index (χ2v) is 9.36. The summed E-state index contributed by atoms with van der Waals surface area (Å²) >= 11 is 0. The predicted molar refractivity (Wildman–Crippen MR) is 134 cm³/mol. The maximum Gasteiger partial charge on any atom is 0.239 e. The van der Waals surface area contributed by atoms with E-state index in [1.807, 2.05) is 20.8 Å². The average molecular weight is 527 g/mol. The number of halogens is 1. The molecular formula is C23H38IN5O. The van der Waals surface area contributed by atoms with Crippen LogP contribution in [0.15, 0.2) is 35.3 Å². The number of carbonyl (C=O) groups is 1. The number of benzene rings is 1. The maximum atomic E-state index is 12.2. The van der Waals surface area contributed by atoms with Crippen LogP contribution in [0.2, 0.25) is 0 Å². The van der Waals surface area contributed by atoms with Gasteiger partial charge in [-0.15, -0.1) is 24.0 Å². The van der Waals surface area contributed by atoms with Gasteiger partial charge in [0.15, 0.2) is 5.96 Å². The van der Waals surface area contributed by atoms with Gasteiger partial charge in [-0.1, -0.05) is 30.3 Å². The van der Waals surface area contributed by atoms with Crippen molar-refractivity contribution in [3.63, 3.8) is 0 Å². The number of nitrogens with zero attached hydrogens (tertiary/aromatic N) is 3. The van der Waals surface area contributed by atoms with Gasteiger partial charge in [0, 0.05) is 38.3 Å². The molecule has 0 aromatic heterocycles. The number of aliphatic imine (C=N–C) groups is 1. The number of piperidine rings is 2. The van der Waals surface area contributed by atoms with Crippen LogP contribution in [0.3, 0.4) is 0 Å². The Morgan fingerprint density at radius 2 is 1.90 bits per heavy atom. The predicted octanol–water partition coefficient (Wildman–Crippen LogP) is 3.08. The largest absolute Gasteiger partial charge is 0.350 e. The van der Waals surface area contributed by atoms with Gasteiger partial charge in [-0.2, -0.15) is 0 Å². The molecule has 1 amide bonds. The molecule has 0 bridgehead atoms. The minimum absolute atomic E-state index is 0. The Hall–Kier alpha value is -1.35. The Balaban J connectivity index is 0.00000320. The highest BCUT2D eigenvalue weighted by Gasteiger charge is 2.36. The van der Waals surface area contributed by atoms with Crippen molar-refractivity contribution < 1.29 is 4.79 Å². The van der Waals surface area contributed by atoms with Crippen LogP contribution in [-0.4, -0.2) is 66.5 Å². The fourth-order valence-electron chi connectivity index (χ4n) is 4.67. The zero-order chi connectivity index (χ0) is 20.9. The van der Waals surface area contributed by atoms with Crippen LogP contribution in [0.25, 0.3) is 0 Å². The van der Waals surface area contributed by atoms with E-state index in [0.29, 0.717) is 12.0 Å². The van der Waals surface area contributed by atoms with Gasteiger partial charge in [0.2, 0.25) is 5.91 Å². The summed E-state index contributed by atoms with van der Waals surface area (Å²) in [5, 5.41) is 6.25. The Morgan fingerprint density at radius 3 is 2.57 bits per heavy atom. The number of fused-ring (bicyclic) bond motifs is 1. The molecule has 0 radical (unpaired) electrons. The van der Waals surface area contributed by atoms with E-state index >= 15 is 0 Å². The molecule has 2 N–H and O–H groups in total. The van der Waals surface area contributed by atoms with Gasteiger partial charge >= 0.3 is 0 Å². The normalized spacial score (nSPS) is 22.7. The van der Waals surface area contributed by atoms with Crippen LogP contribution in [0, 0.1) is 5.92 Å². The Morgan fingerprint density at radius 1 is 1.17 bits per heavy atom. The molecule has 0 spiro atoms. The van der Waals surface area contributed by atoms with Crippen molar-refractivity contribution in [2.75, 3.05) is 33.2 Å². The van der Waals surface area contributed by atoms with Gasteiger partial charge in [0.1, 0.15) is 0 Å². The molecule has 6 nitrogen and oxygen atoms in total. The van der Waals surface area contributed by atoms with Crippen LogP contribution < -0.4 is 10.6 Å². The highest BCUT2D eigenvalue weighted by atomic mass is 127. The van der Waals surface area contributed by atoms with E-state index in [1.165, 1.54) is 24.9 Å². The molecule has 1 aromatic rings. The minimum atomic E-state index is -0.217. The highest BCUT2D eigenvalue weighted by molar-refractivity contribution is 14.0. The third-order valence-electron chi connectivity index (χ3n) is 5.84. The number of carbonyl (C=O) groups excluding carboxylic acids is 1. The lowest BCUT2D eigenvalue weighted by molar-refractivity contribution is -0.121. The first-order chi connectivity index (χ1) is 13.9. The molecule has 2 aliphatic rings. The summed E-state index contributed by atoms with van der Waals surface area (Å²) < 4.78 is 0. The smallest absolute Gasteiger partial charge is 0.239 e. The Labute approximate surface area is 198 Å². The van der Waals surface area contributed by atoms with Gasteiger partial charge in [-0.05, 0) is 58.1 Å². The van der Waals surface area contributed by atoms with Crippen molar-refractivity contribution in [1.82, 2.24) is 20.4 Å². The molecule has 0 saturated carbocycles. The standard InChI is InChI=1S/C23H37N5O.HI/c1-23(2,3)26-21(29)15-25-22(24-4)28-14-12-20-19(17-28)11-8-13-27(20)16-18-9-6-5-7-10-18;/h5-7,9-10,19-20H,8,11-17H2,1-4H3,(H,24,25)(H,26,29);1H. The van der Waals surface area contributed by atoms with Crippen LogP contribution in [0.4, 0.5) is 0 Å². The third kappa shape index (κ3) is 7.11. The lowest BCUT2D eigenvalue weighted by atomic mass is 9.83. The molecule has 2 unspecified atom stereocenters. The molecule has 2 aliphatic heterocycles. The first kappa shape index (κ1) is 24.9. The molecule has 3 rings (SSSR count). The van der Waals surface area contributed by atoms with Crippen molar-refractivity contribution in [3.8, 4) is 0 Å². The molecule has 168 valence electrons. The Kier molecular flexibility index (Phi) is 9.40. The van der Waals surface area contributed by atoms with Gasteiger partial charge in [0.25, 0.3) is 0 Å². The minimum Gasteiger partial charge on any atom is -0.350 e. The quantitative estimate of drug-likeness (QED) is 0.359. The number of guanidine groups is 1. The molecule has 0 aliphatic carbocycles. The number of nitrogens with one attached hydrogen (secondary N) is 2. The van der Waals surface area contributed by atoms with Crippen molar-refractivity contribution in [3.05, 3.63) is 35.9 Å². The molecule has 2 fully saturated rings. The third-order valence-corrected chi connectivity index (χ3v) is 5.84. The van der Waals surface area contributed by atoms with Crippen LogP contribution in [-0.2, 0) is 11.3 Å². The molecule has 30 heavy (non-hydrogen) atoms. The number of likely N-dealkylation sites (tertiary alicyclic amines) is 2. The van der Waals surface area contributed by atoms with E-state index in [2.05, 4.69) is 55.8 Å². The van der Waals surface area contributed by atoms with Gasteiger partial charge < -0.3 is 15.5 Å². The van der Waals surface area contributed by atoms with E-state index in [4.69, 9.17) is 0 Å². The Bertz CT molecular complexity index is 703. The monoisotopic (exact) mass is 527 g/mol. The van der Waals surface area contributed by atoms with Crippen molar-refractivity contribution in [2.45, 2.75) is 58.2 Å². The van der Waals surface area contributed by atoms with E-state index in [0.717, 1.165) is 32.0 Å². The fraction of sp³-hybridized carbons (Fsp3) is 0.652. The fourth-order valence-corrected chi connectivity index (χ4v) is 4.67. The molecule has 1 aromatic carbocycles. The highest BCUT2D eigenvalue weighted by Crippen LogP contribution is 2.31. The topological polar surface area (TPSA) is 60.0 Å². The first-order valence-electron chi connectivity index (χ1n) is 10.9. The number of amides is 1. The zero-order valence-electron chi connectivity index (χ0n) is 18.9. The summed E-state index contributed by atoms with van der Waals surface area (Å²) in [5.74, 6) is 1.50. The van der Waals surface area contributed by atoms with E-state index in [1.54, 1.807) is 7.05 Å². The molecular weight excluding hydrogens is 489 g/mol. The number of hydrogen-bond acceptors (Lipinski definition) is 3. The maximum absolute atomic E-state index is 12.2. The summed E-state index contributed by atoms with van der Waals surface area (Å²) in [4.78, 5) is 21.6. The SMILES string of the molecule is CN=C(NCC(=O)NC(C)(C)C)N1CCC2C(CCCN2Cc2ccccc2)C1.I. The van der Waals surface area contributed by atoms with Gasteiger partial charge in [-0.25, -0.2) is 0 Å². The van der Waals surface area contributed by atoms with E-state index in [-0.39, 0.29) is 42.0 Å². The first-order valence-corrected chi connectivity index (χ1v) is 10.9. The van der Waals surface area contributed by atoms with Gasteiger partial charge in [0.05, 0.1) is 6.54 Å². The second kappa shape index (κ2) is 11.3. The summed E-state index contributed by atoms with van der Waals surface area (Å²) in [6.07, 6.45) is 3.67. The van der Waals surface area contributed by atoms with Crippen LogP contribution in [0.1, 0.15) is 45.6 Å². The van der Waals surface area contributed by atoms with E-state index in [9.17, 15) is 4.79 Å². The summed E-state index contributed by atoms with van der Waals surface area (Å²) in [5.41, 5.74) is 1.18. The zero-order valence-corrected chi connectivity index (χ0v) is 21.2. The van der Waals surface area contributed by atoms with Crippen molar-refractivity contribution in [2.24, 2.45) is 10.9 Å². The lowest BCUT2D eigenvalue weighted by Crippen LogP contribution is -2.57. The molecule has 2 atom stereocenters. The summed E-state index contributed by atoms with van der Waals surface area (Å²) in [7, 11) is 1.80. The lowest BCUT2D eigenvalue weighted by Gasteiger charge is -2.48. The van der Waals surface area contributed by atoms with Gasteiger partial charge in [-0.3, -0.25) is 14.7 Å². The average Bonchev–Trinajstić information content (AvgIpc) is 2.68.